The van der Waals surface area contributed by atoms with Crippen molar-refractivity contribution in [3.8, 4) is 10.8 Å². The fourth-order valence-electron chi connectivity index (χ4n) is 2.55. The van der Waals surface area contributed by atoms with Crippen LogP contribution in [0.15, 0.2) is 21.9 Å². The molecule has 22 heavy (non-hydrogen) atoms. The summed E-state index contributed by atoms with van der Waals surface area (Å²) in [6.07, 6.45) is 0.867. The second kappa shape index (κ2) is 5.54. The van der Waals surface area contributed by atoms with E-state index < -0.39 is 0 Å². The molecule has 0 saturated carbocycles. The Morgan fingerprint density at radius 1 is 1.41 bits per heavy atom. The standard InChI is InChI=1S/C14H15N5O2S/c1-19-11(9-8-20-5-4-10(9)18-19)7-15-14-17-16-13(21-14)12-3-2-6-22-12/h2-3,6H,4-5,7-8H2,1H3,(H,15,17). The van der Waals surface area contributed by atoms with Crippen molar-refractivity contribution in [2.75, 3.05) is 11.9 Å². The lowest BCUT2D eigenvalue weighted by atomic mass is 10.1. The second-order valence-corrected chi connectivity index (χ2v) is 5.99. The maximum atomic E-state index is 5.63. The highest BCUT2D eigenvalue weighted by Gasteiger charge is 2.20. The van der Waals surface area contributed by atoms with E-state index in [-0.39, 0.29) is 0 Å². The molecular formula is C14H15N5O2S. The second-order valence-electron chi connectivity index (χ2n) is 5.04. The number of aryl methyl sites for hydroxylation is 1. The number of nitrogens with zero attached hydrogens (tertiary/aromatic N) is 4. The number of rotatable bonds is 4. The van der Waals surface area contributed by atoms with Crippen LogP contribution in [0.2, 0.25) is 0 Å². The molecule has 0 bridgehead atoms. The Balaban J connectivity index is 1.50. The van der Waals surface area contributed by atoms with Crippen LogP contribution in [0.3, 0.4) is 0 Å². The summed E-state index contributed by atoms with van der Waals surface area (Å²) >= 11 is 1.57. The summed E-state index contributed by atoms with van der Waals surface area (Å²) in [7, 11) is 1.94. The highest BCUT2D eigenvalue weighted by Crippen LogP contribution is 2.25. The number of aromatic nitrogens is 4. The molecule has 0 atom stereocenters. The molecule has 0 unspecified atom stereocenters. The highest BCUT2D eigenvalue weighted by atomic mass is 32.1. The van der Waals surface area contributed by atoms with Gasteiger partial charge in [-0.15, -0.1) is 16.4 Å². The summed E-state index contributed by atoms with van der Waals surface area (Å²) in [4.78, 5) is 0.965. The minimum absolute atomic E-state index is 0.412. The molecule has 3 aromatic heterocycles. The third kappa shape index (κ3) is 2.40. The molecule has 0 aliphatic carbocycles. The predicted octanol–water partition coefficient (Wildman–Crippen LogP) is 2.22. The van der Waals surface area contributed by atoms with Crippen molar-refractivity contribution >= 4 is 17.4 Å². The third-order valence-corrected chi connectivity index (χ3v) is 4.51. The van der Waals surface area contributed by atoms with Crippen molar-refractivity contribution in [2.45, 2.75) is 19.6 Å². The normalized spacial score (nSPS) is 14.0. The SMILES string of the molecule is Cn1nc2c(c1CNc1nnc(-c3cccs3)o1)COCC2. The summed E-state index contributed by atoms with van der Waals surface area (Å²) in [5.74, 6) is 0.535. The zero-order chi connectivity index (χ0) is 14.9. The molecule has 3 aromatic rings. The lowest BCUT2D eigenvalue weighted by Crippen LogP contribution is -2.12. The maximum Gasteiger partial charge on any atom is 0.316 e. The lowest BCUT2D eigenvalue weighted by molar-refractivity contribution is 0.109. The predicted molar refractivity (Wildman–Crippen MR) is 81.5 cm³/mol. The van der Waals surface area contributed by atoms with Crippen LogP contribution in [0.1, 0.15) is 17.0 Å². The Labute approximate surface area is 130 Å². The van der Waals surface area contributed by atoms with Gasteiger partial charge in [0.2, 0.25) is 0 Å². The quantitative estimate of drug-likeness (QED) is 0.795. The topological polar surface area (TPSA) is 78.0 Å². The Bertz CT molecular complexity index is 777. The summed E-state index contributed by atoms with van der Waals surface area (Å²) in [6.45, 7) is 1.93. The molecule has 7 nitrogen and oxygen atoms in total. The summed E-state index contributed by atoms with van der Waals surface area (Å²) in [6, 6.07) is 4.32. The van der Waals surface area contributed by atoms with Gasteiger partial charge < -0.3 is 14.5 Å². The minimum atomic E-state index is 0.412. The zero-order valence-electron chi connectivity index (χ0n) is 12.1. The van der Waals surface area contributed by atoms with Gasteiger partial charge in [-0.05, 0) is 11.4 Å². The fraction of sp³-hybridized carbons (Fsp3) is 0.357. The maximum absolute atomic E-state index is 5.63. The van der Waals surface area contributed by atoms with Gasteiger partial charge in [0.15, 0.2) is 0 Å². The molecule has 114 valence electrons. The molecular weight excluding hydrogens is 302 g/mol. The molecule has 1 aliphatic rings. The zero-order valence-corrected chi connectivity index (χ0v) is 12.9. The smallest absolute Gasteiger partial charge is 0.316 e. The number of thiophene rings is 1. The molecule has 4 rings (SSSR count). The molecule has 0 spiro atoms. The molecule has 8 heteroatoms. The average Bonchev–Trinajstić information content (AvgIpc) is 3.24. The average molecular weight is 317 g/mol. The number of hydrogen-bond acceptors (Lipinski definition) is 7. The van der Waals surface area contributed by atoms with Crippen LogP contribution < -0.4 is 5.32 Å². The van der Waals surface area contributed by atoms with Crippen molar-refractivity contribution in [3.63, 3.8) is 0 Å². The molecule has 0 saturated heterocycles. The largest absolute Gasteiger partial charge is 0.403 e. The summed E-state index contributed by atoms with van der Waals surface area (Å²) in [5, 5.41) is 17.8. The number of fused-ring (bicyclic) bond motifs is 1. The van der Waals surface area contributed by atoms with Gasteiger partial charge in [0.1, 0.15) is 0 Å². The monoisotopic (exact) mass is 317 g/mol. The molecule has 0 fully saturated rings. The highest BCUT2D eigenvalue weighted by molar-refractivity contribution is 7.13. The van der Waals surface area contributed by atoms with E-state index in [2.05, 4.69) is 20.6 Å². The Morgan fingerprint density at radius 2 is 2.36 bits per heavy atom. The van der Waals surface area contributed by atoms with Crippen LogP contribution in [-0.2, 0) is 31.4 Å². The molecule has 0 aromatic carbocycles. The van der Waals surface area contributed by atoms with Gasteiger partial charge >= 0.3 is 6.01 Å². The van der Waals surface area contributed by atoms with E-state index in [1.807, 2.05) is 29.2 Å². The first kappa shape index (κ1) is 13.5. The minimum Gasteiger partial charge on any atom is -0.403 e. The van der Waals surface area contributed by atoms with Crippen molar-refractivity contribution in [2.24, 2.45) is 7.05 Å². The van der Waals surface area contributed by atoms with Gasteiger partial charge in [-0.3, -0.25) is 4.68 Å². The van der Waals surface area contributed by atoms with Crippen molar-refractivity contribution in [1.82, 2.24) is 20.0 Å². The van der Waals surface area contributed by atoms with Crippen molar-refractivity contribution in [1.29, 1.82) is 0 Å². The first-order chi connectivity index (χ1) is 10.8. The van der Waals surface area contributed by atoms with Crippen LogP contribution in [0.5, 0.6) is 0 Å². The third-order valence-electron chi connectivity index (χ3n) is 3.65. The number of hydrogen-bond donors (Lipinski definition) is 1. The van der Waals surface area contributed by atoms with E-state index in [0.717, 1.165) is 29.3 Å². The fourth-order valence-corrected chi connectivity index (χ4v) is 3.19. The van der Waals surface area contributed by atoms with Crippen LogP contribution >= 0.6 is 11.3 Å². The number of anilines is 1. The van der Waals surface area contributed by atoms with Gasteiger partial charge in [-0.2, -0.15) is 5.10 Å². The van der Waals surface area contributed by atoms with Gasteiger partial charge in [0.25, 0.3) is 5.89 Å². The summed E-state index contributed by atoms with van der Waals surface area (Å²) in [5.41, 5.74) is 3.38. The summed E-state index contributed by atoms with van der Waals surface area (Å²) < 4.78 is 13.0. The van der Waals surface area contributed by atoms with E-state index in [1.165, 1.54) is 5.56 Å². The first-order valence-corrected chi connectivity index (χ1v) is 7.92. The van der Waals surface area contributed by atoms with Crippen LogP contribution in [0.25, 0.3) is 10.8 Å². The van der Waals surface area contributed by atoms with E-state index >= 15 is 0 Å². The Morgan fingerprint density at radius 3 is 3.23 bits per heavy atom. The molecule has 0 amide bonds. The van der Waals surface area contributed by atoms with Crippen LogP contribution in [0.4, 0.5) is 6.01 Å². The molecule has 1 aliphatic heterocycles. The van der Waals surface area contributed by atoms with Crippen LogP contribution in [-0.4, -0.2) is 26.6 Å². The van der Waals surface area contributed by atoms with Gasteiger partial charge in [0, 0.05) is 19.0 Å². The molecule has 0 radical (unpaired) electrons. The van der Waals surface area contributed by atoms with E-state index in [4.69, 9.17) is 9.15 Å². The Hall–Kier alpha value is -2.19. The number of nitrogens with one attached hydrogen (secondary N) is 1. The van der Waals surface area contributed by atoms with E-state index in [9.17, 15) is 0 Å². The van der Waals surface area contributed by atoms with Gasteiger partial charge in [0.05, 0.1) is 36.0 Å². The van der Waals surface area contributed by atoms with Crippen LogP contribution in [0, 0.1) is 0 Å². The molecule has 1 N–H and O–H groups in total. The van der Waals surface area contributed by atoms with Gasteiger partial charge in [-0.1, -0.05) is 11.2 Å². The first-order valence-electron chi connectivity index (χ1n) is 7.04. The van der Waals surface area contributed by atoms with Crippen molar-refractivity contribution < 1.29 is 9.15 Å². The lowest BCUT2D eigenvalue weighted by Gasteiger charge is -2.12. The van der Waals surface area contributed by atoms with Gasteiger partial charge in [-0.25, -0.2) is 0 Å². The van der Waals surface area contributed by atoms with E-state index in [0.29, 0.717) is 25.1 Å². The van der Waals surface area contributed by atoms with E-state index in [1.54, 1.807) is 11.3 Å². The molecule has 4 heterocycles. The van der Waals surface area contributed by atoms with Crippen molar-refractivity contribution in [3.05, 3.63) is 34.5 Å². The Kier molecular flexibility index (Phi) is 3.39. The number of ether oxygens (including phenoxy) is 1.